The maximum absolute atomic E-state index is 12.4. The molecule has 10 heteroatoms. The molecule has 1 aromatic carbocycles. The molecule has 0 saturated heterocycles. The van der Waals surface area contributed by atoms with E-state index in [9.17, 15) is 24.2 Å². The number of rotatable bonds is 8. The zero-order valence-electron chi connectivity index (χ0n) is 18.2. The van der Waals surface area contributed by atoms with Crippen molar-refractivity contribution in [2.75, 3.05) is 6.79 Å². The Labute approximate surface area is 181 Å². The van der Waals surface area contributed by atoms with Gasteiger partial charge in [0.1, 0.15) is 17.1 Å². The number of esters is 2. The van der Waals surface area contributed by atoms with Crippen LogP contribution in [0.25, 0.3) is 0 Å². The molecule has 31 heavy (non-hydrogen) atoms. The fourth-order valence-electron chi connectivity index (χ4n) is 2.92. The summed E-state index contributed by atoms with van der Waals surface area (Å²) in [6.07, 6.45) is 1.15. The van der Waals surface area contributed by atoms with Gasteiger partial charge in [0.15, 0.2) is 0 Å². The number of amides is 1. The Morgan fingerprint density at radius 3 is 2.55 bits per heavy atom. The number of hydrogen-bond acceptors (Lipinski definition) is 8. The van der Waals surface area contributed by atoms with Gasteiger partial charge in [-0.05, 0) is 52.2 Å². The minimum absolute atomic E-state index is 0.00958. The lowest BCUT2D eigenvalue weighted by Crippen LogP contribution is -2.53. The molecular formula is C21H28BNO8. The zero-order valence-corrected chi connectivity index (χ0v) is 18.2. The predicted molar refractivity (Wildman–Crippen MR) is 111 cm³/mol. The summed E-state index contributed by atoms with van der Waals surface area (Å²) >= 11 is 0. The second-order valence-electron chi connectivity index (χ2n) is 8.47. The minimum Gasteiger partial charge on any atom is -0.534 e. The zero-order chi connectivity index (χ0) is 23.2. The first kappa shape index (κ1) is 24.4. The molecule has 1 heterocycles. The Kier molecular flexibility index (Phi) is 8.21. The first-order valence-corrected chi connectivity index (χ1v) is 10.1. The van der Waals surface area contributed by atoms with Crippen molar-refractivity contribution in [1.82, 2.24) is 5.32 Å². The van der Waals surface area contributed by atoms with E-state index in [2.05, 4.69) is 5.32 Å². The quantitative estimate of drug-likeness (QED) is 0.359. The molecule has 0 aliphatic carbocycles. The van der Waals surface area contributed by atoms with Crippen LogP contribution in [0.2, 0.25) is 0 Å². The first-order chi connectivity index (χ1) is 14.5. The summed E-state index contributed by atoms with van der Waals surface area (Å²) < 4.78 is 15.4. The maximum atomic E-state index is 12.4. The molecule has 1 amide bonds. The fourth-order valence-corrected chi connectivity index (χ4v) is 2.92. The van der Waals surface area contributed by atoms with Gasteiger partial charge in [-0.25, -0.2) is 4.79 Å². The summed E-state index contributed by atoms with van der Waals surface area (Å²) in [5.41, 5.74) is -0.0353. The first-order valence-electron chi connectivity index (χ1n) is 10.1. The van der Waals surface area contributed by atoms with Gasteiger partial charge in [0.05, 0.1) is 11.4 Å². The summed E-state index contributed by atoms with van der Waals surface area (Å²) in [7, 11) is -1.36. The third kappa shape index (κ3) is 7.10. The van der Waals surface area contributed by atoms with Crippen LogP contribution >= 0.6 is 0 Å². The Balaban J connectivity index is 1.98. The number of ether oxygens (including phenoxy) is 2. The van der Waals surface area contributed by atoms with E-state index in [-0.39, 0.29) is 35.8 Å². The summed E-state index contributed by atoms with van der Waals surface area (Å²) in [6.45, 7) is 5.96. The summed E-state index contributed by atoms with van der Waals surface area (Å²) in [5, 5.41) is 13.0. The monoisotopic (exact) mass is 433 g/mol. The van der Waals surface area contributed by atoms with Gasteiger partial charge in [-0.3, -0.25) is 9.59 Å². The van der Waals surface area contributed by atoms with Gasteiger partial charge in [0.2, 0.25) is 12.7 Å². The van der Waals surface area contributed by atoms with Crippen molar-refractivity contribution in [3.05, 3.63) is 29.3 Å². The summed E-state index contributed by atoms with van der Waals surface area (Å²) in [5.74, 6) is -2.11. The summed E-state index contributed by atoms with van der Waals surface area (Å²) in [6, 6.07) is 4.82. The molecule has 9 nitrogen and oxygen atoms in total. The van der Waals surface area contributed by atoms with Crippen molar-refractivity contribution < 1.29 is 38.3 Å². The maximum Gasteiger partial charge on any atom is 0.547 e. The lowest BCUT2D eigenvalue weighted by Gasteiger charge is -2.29. The highest BCUT2D eigenvalue weighted by molar-refractivity contribution is 6.47. The van der Waals surface area contributed by atoms with Crippen molar-refractivity contribution in [3.63, 3.8) is 0 Å². The van der Waals surface area contributed by atoms with Crippen molar-refractivity contribution in [1.29, 1.82) is 0 Å². The standard InChI is InChI=1S/C21H28BNO8/c1-13(24)7-5-10-17(25)23-16-11-14-8-6-9-15(18(14)31-22(16)28)19(26)29-12-30-20(27)21(2,3)4/h6,8-9,16,28H,5,7,10-12H2,1-4H3,(H,23,25)/t16-/m0/s1. The number of benzene rings is 1. The van der Waals surface area contributed by atoms with Crippen LogP contribution in [0.1, 0.15) is 62.9 Å². The van der Waals surface area contributed by atoms with E-state index in [0.29, 0.717) is 18.4 Å². The molecule has 0 spiro atoms. The summed E-state index contributed by atoms with van der Waals surface area (Å²) in [4.78, 5) is 47.2. The van der Waals surface area contributed by atoms with Crippen LogP contribution in [-0.4, -0.2) is 48.5 Å². The number of ketones is 1. The average molecular weight is 433 g/mol. The molecule has 0 unspecified atom stereocenters. The number of nitrogens with one attached hydrogen (secondary N) is 1. The van der Waals surface area contributed by atoms with Crippen LogP contribution in [0.3, 0.4) is 0 Å². The normalized spacial score (nSPS) is 15.4. The third-order valence-corrected chi connectivity index (χ3v) is 4.61. The molecule has 0 fully saturated rings. The highest BCUT2D eigenvalue weighted by Crippen LogP contribution is 2.30. The molecule has 1 aliphatic rings. The van der Waals surface area contributed by atoms with Gasteiger partial charge in [-0.1, -0.05) is 12.1 Å². The van der Waals surface area contributed by atoms with E-state index < -0.39 is 37.2 Å². The topological polar surface area (TPSA) is 128 Å². The smallest absolute Gasteiger partial charge is 0.534 e. The van der Waals surface area contributed by atoms with Gasteiger partial charge in [0, 0.05) is 12.8 Å². The van der Waals surface area contributed by atoms with Gasteiger partial charge in [0.25, 0.3) is 0 Å². The van der Waals surface area contributed by atoms with E-state index in [1.54, 1.807) is 32.9 Å². The van der Waals surface area contributed by atoms with Crippen molar-refractivity contribution >= 4 is 30.7 Å². The molecule has 0 aromatic heterocycles. The van der Waals surface area contributed by atoms with E-state index in [1.807, 2.05) is 0 Å². The van der Waals surface area contributed by atoms with E-state index in [0.717, 1.165) is 0 Å². The van der Waals surface area contributed by atoms with Gasteiger partial charge < -0.3 is 29.3 Å². The third-order valence-electron chi connectivity index (χ3n) is 4.61. The highest BCUT2D eigenvalue weighted by Gasteiger charge is 2.38. The molecule has 1 aromatic rings. The van der Waals surface area contributed by atoms with Crippen LogP contribution in [0.5, 0.6) is 5.75 Å². The molecule has 168 valence electrons. The largest absolute Gasteiger partial charge is 0.547 e. The van der Waals surface area contributed by atoms with Crippen LogP contribution in [0, 0.1) is 5.41 Å². The van der Waals surface area contributed by atoms with Gasteiger partial charge >= 0.3 is 19.1 Å². The van der Waals surface area contributed by atoms with Gasteiger partial charge in [-0.2, -0.15) is 0 Å². The van der Waals surface area contributed by atoms with E-state index in [4.69, 9.17) is 14.1 Å². The molecule has 2 rings (SSSR count). The molecule has 1 atom stereocenters. The predicted octanol–water partition coefficient (Wildman–Crippen LogP) is 1.59. The lowest BCUT2D eigenvalue weighted by atomic mass is 9.72. The molecule has 0 saturated carbocycles. The van der Waals surface area contributed by atoms with E-state index >= 15 is 0 Å². The molecule has 2 N–H and O–H groups in total. The Morgan fingerprint density at radius 1 is 1.19 bits per heavy atom. The molecular weight excluding hydrogens is 405 g/mol. The lowest BCUT2D eigenvalue weighted by molar-refractivity contribution is -0.161. The number of fused-ring (bicyclic) bond motifs is 1. The van der Waals surface area contributed by atoms with Crippen LogP contribution in [0.15, 0.2) is 18.2 Å². The van der Waals surface area contributed by atoms with Crippen LogP contribution in [0.4, 0.5) is 0 Å². The highest BCUT2D eigenvalue weighted by atomic mass is 16.7. The Hall–Kier alpha value is -2.88. The number of carbonyl (C=O) groups is 4. The number of hydrogen-bond donors (Lipinski definition) is 2. The second kappa shape index (κ2) is 10.4. The van der Waals surface area contributed by atoms with Crippen LogP contribution < -0.4 is 9.97 Å². The Bertz CT molecular complexity index is 848. The fraction of sp³-hybridized carbons (Fsp3) is 0.524. The average Bonchev–Trinajstić information content (AvgIpc) is 2.66. The number of para-hydroxylation sites is 1. The number of Topliss-reactive ketones (excluding diaryl/α,β-unsaturated/α-hetero) is 1. The van der Waals surface area contributed by atoms with E-state index in [1.165, 1.54) is 13.0 Å². The van der Waals surface area contributed by atoms with Crippen molar-refractivity contribution in [2.45, 2.75) is 59.3 Å². The SMILES string of the molecule is CC(=O)CCCC(=O)N[C@H]1Cc2cccc(C(=O)OCOC(=O)C(C)(C)C)c2OB1O. The second-order valence-corrected chi connectivity index (χ2v) is 8.47. The number of carbonyl (C=O) groups excluding carboxylic acids is 4. The molecule has 1 aliphatic heterocycles. The molecule has 0 radical (unpaired) electrons. The van der Waals surface area contributed by atoms with Crippen molar-refractivity contribution in [2.24, 2.45) is 5.41 Å². The molecule has 0 bridgehead atoms. The van der Waals surface area contributed by atoms with Crippen LogP contribution in [-0.2, 0) is 30.3 Å². The van der Waals surface area contributed by atoms with Crippen molar-refractivity contribution in [3.8, 4) is 5.75 Å². The van der Waals surface area contributed by atoms with Gasteiger partial charge in [-0.15, -0.1) is 0 Å². The Morgan fingerprint density at radius 2 is 1.90 bits per heavy atom. The minimum atomic E-state index is -1.36.